The Balaban J connectivity index is 1.97. The fourth-order valence-corrected chi connectivity index (χ4v) is 2.06. The molecule has 21 heavy (non-hydrogen) atoms. The van der Waals surface area contributed by atoms with Gasteiger partial charge in [0.15, 0.2) is 0 Å². The Morgan fingerprint density at radius 1 is 1.05 bits per heavy atom. The van der Waals surface area contributed by atoms with Crippen LogP contribution in [0.15, 0.2) is 48.5 Å². The molecule has 0 atom stereocenters. The molecule has 0 aliphatic heterocycles. The second-order valence-corrected chi connectivity index (χ2v) is 5.29. The summed E-state index contributed by atoms with van der Waals surface area (Å²) in [5.74, 6) is 0.943. The standard InChI is InChI=1S/C18H24N2O/c1-4-11-21-18-10-5-7-15(12-18)14-19-16-8-6-9-17(13-16)20(2)3/h5-10,12-13,19H,4,11,14H2,1-3H3. The van der Waals surface area contributed by atoms with E-state index in [-0.39, 0.29) is 0 Å². The summed E-state index contributed by atoms with van der Waals surface area (Å²) in [5.41, 5.74) is 3.54. The Morgan fingerprint density at radius 2 is 1.86 bits per heavy atom. The molecule has 0 spiro atoms. The van der Waals surface area contributed by atoms with Gasteiger partial charge in [0.05, 0.1) is 6.61 Å². The van der Waals surface area contributed by atoms with Crippen molar-refractivity contribution in [3.63, 3.8) is 0 Å². The Kier molecular flexibility index (Phi) is 5.50. The van der Waals surface area contributed by atoms with Crippen molar-refractivity contribution in [2.24, 2.45) is 0 Å². The summed E-state index contributed by atoms with van der Waals surface area (Å²) in [7, 11) is 4.10. The number of hydrogen-bond donors (Lipinski definition) is 1. The van der Waals surface area contributed by atoms with Crippen molar-refractivity contribution in [1.29, 1.82) is 0 Å². The van der Waals surface area contributed by atoms with Crippen LogP contribution in [0.5, 0.6) is 5.75 Å². The predicted octanol–water partition coefficient (Wildman–Crippen LogP) is 4.15. The van der Waals surface area contributed by atoms with Crippen LogP contribution in [0.4, 0.5) is 11.4 Å². The van der Waals surface area contributed by atoms with Crippen molar-refractivity contribution in [2.45, 2.75) is 19.9 Å². The molecule has 2 rings (SSSR count). The topological polar surface area (TPSA) is 24.5 Å². The maximum absolute atomic E-state index is 5.66. The number of hydrogen-bond acceptors (Lipinski definition) is 3. The Hall–Kier alpha value is -2.16. The molecule has 0 fully saturated rings. The maximum Gasteiger partial charge on any atom is 0.119 e. The van der Waals surface area contributed by atoms with Gasteiger partial charge in [0.25, 0.3) is 0 Å². The number of nitrogens with zero attached hydrogens (tertiary/aromatic N) is 1. The summed E-state index contributed by atoms with van der Waals surface area (Å²) in [6.07, 6.45) is 1.03. The number of anilines is 2. The van der Waals surface area contributed by atoms with Crippen LogP contribution >= 0.6 is 0 Å². The Labute approximate surface area is 127 Å². The highest BCUT2D eigenvalue weighted by Gasteiger charge is 2.00. The largest absolute Gasteiger partial charge is 0.494 e. The SMILES string of the molecule is CCCOc1cccc(CNc2cccc(N(C)C)c2)c1. The lowest BCUT2D eigenvalue weighted by molar-refractivity contribution is 0.317. The fourth-order valence-electron chi connectivity index (χ4n) is 2.06. The molecule has 3 heteroatoms. The monoisotopic (exact) mass is 284 g/mol. The van der Waals surface area contributed by atoms with Gasteiger partial charge in [-0.3, -0.25) is 0 Å². The molecule has 0 radical (unpaired) electrons. The van der Waals surface area contributed by atoms with E-state index in [1.807, 2.05) is 26.2 Å². The van der Waals surface area contributed by atoms with Crippen LogP contribution in [-0.2, 0) is 6.54 Å². The quantitative estimate of drug-likeness (QED) is 0.826. The first-order valence-corrected chi connectivity index (χ1v) is 7.42. The molecule has 112 valence electrons. The third-order valence-corrected chi connectivity index (χ3v) is 3.23. The van der Waals surface area contributed by atoms with Crippen molar-refractivity contribution in [3.8, 4) is 5.75 Å². The van der Waals surface area contributed by atoms with Crippen LogP contribution in [-0.4, -0.2) is 20.7 Å². The highest BCUT2D eigenvalue weighted by atomic mass is 16.5. The summed E-state index contributed by atoms with van der Waals surface area (Å²) in [6, 6.07) is 16.7. The zero-order chi connectivity index (χ0) is 15.1. The highest BCUT2D eigenvalue weighted by Crippen LogP contribution is 2.19. The van der Waals surface area contributed by atoms with E-state index in [1.165, 1.54) is 11.3 Å². The minimum Gasteiger partial charge on any atom is -0.494 e. The van der Waals surface area contributed by atoms with Gasteiger partial charge >= 0.3 is 0 Å². The lowest BCUT2D eigenvalue weighted by Crippen LogP contribution is -2.09. The smallest absolute Gasteiger partial charge is 0.119 e. The molecule has 0 amide bonds. The van der Waals surface area contributed by atoms with Gasteiger partial charge in [0, 0.05) is 32.0 Å². The fraction of sp³-hybridized carbons (Fsp3) is 0.333. The van der Waals surface area contributed by atoms with E-state index in [2.05, 4.69) is 53.5 Å². The number of rotatable bonds is 7. The van der Waals surface area contributed by atoms with Crippen LogP contribution < -0.4 is 15.0 Å². The summed E-state index contributed by atoms with van der Waals surface area (Å²) < 4.78 is 5.66. The molecule has 2 aromatic carbocycles. The molecule has 0 bridgehead atoms. The lowest BCUT2D eigenvalue weighted by atomic mass is 10.2. The van der Waals surface area contributed by atoms with Gasteiger partial charge in [0.2, 0.25) is 0 Å². The molecule has 0 aliphatic rings. The second-order valence-electron chi connectivity index (χ2n) is 5.29. The normalized spacial score (nSPS) is 10.2. The van der Waals surface area contributed by atoms with Gasteiger partial charge < -0.3 is 15.0 Å². The van der Waals surface area contributed by atoms with Crippen molar-refractivity contribution >= 4 is 11.4 Å². The summed E-state index contributed by atoms with van der Waals surface area (Å²) in [4.78, 5) is 2.10. The van der Waals surface area contributed by atoms with E-state index in [4.69, 9.17) is 4.74 Å². The molecule has 1 N–H and O–H groups in total. The molecule has 0 heterocycles. The zero-order valence-corrected chi connectivity index (χ0v) is 13.1. The maximum atomic E-state index is 5.66. The van der Waals surface area contributed by atoms with Crippen LogP contribution in [0.25, 0.3) is 0 Å². The molecular weight excluding hydrogens is 260 g/mol. The molecule has 2 aromatic rings. The first-order chi connectivity index (χ1) is 10.2. The Bertz CT molecular complexity index is 567. The predicted molar refractivity (Wildman–Crippen MR) is 90.3 cm³/mol. The van der Waals surface area contributed by atoms with Crippen molar-refractivity contribution < 1.29 is 4.74 Å². The van der Waals surface area contributed by atoms with Crippen LogP contribution in [0.3, 0.4) is 0 Å². The van der Waals surface area contributed by atoms with E-state index >= 15 is 0 Å². The number of benzene rings is 2. The minimum atomic E-state index is 0.766. The average Bonchev–Trinajstić information content (AvgIpc) is 2.51. The summed E-state index contributed by atoms with van der Waals surface area (Å²) in [5, 5.41) is 3.46. The third-order valence-electron chi connectivity index (χ3n) is 3.23. The molecule has 0 saturated carbocycles. The summed E-state index contributed by atoms with van der Waals surface area (Å²) >= 11 is 0. The Morgan fingerprint density at radius 3 is 2.62 bits per heavy atom. The summed E-state index contributed by atoms with van der Waals surface area (Å²) in [6.45, 7) is 3.67. The van der Waals surface area contributed by atoms with E-state index in [9.17, 15) is 0 Å². The van der Waals surface area contributed by atoms with E-state index in [0.29, 0.717) is 0 Å². The molecular formula is C18H24N2O. The van der Waals surface area contributed by atoms with E-state index in [0.717, 1.165) is 31.0 Å². The van der Waals surface area contributed by atoms with Crippen molar-refractivity contribution in [3.05, 3.63) is 54.1 Å². The van der Waals surface area contributed by atoms with Gasteiger partial charge in [-0.25, -0.2) is 0 Å². The van der Waals surface area contributed by atoms with E-state index < -0.39 is 0 Å². The number of nitrogens with one attached hydrogen (secondary N) is 1. The van der Waals surface area contributed by atoms with Crippen molar-refractivity contribution in [2.75, 3.05) is 30.9 Å². The highest BCUT2D eigenvalue weighted by molar-refractivity contribution is 5.57. The zero-order valence-electron chi connectivity index (χ0n) is 13.1. The molecule has 0 unspecified atom stereocenters. The van der Waals surface area contributed by atoms with Crippen LogP contribution in [0, 0.1) is 0 Å². The molecule has 0 aromatic heterocycles. The van der Waals surface area contributed by atoms with Crippen LogP contribution in [0.1, 0.15) is 18.9 Å². The molecule has 0 aliphatic carbocycles. The van der Waals surface area contributed by atoms with Gasteiger partial charge in [-0.1, -0.05) is 25.1 Å². The second kappa shape index (κ2) is 7.58. The first kappa shape index (κ1) is 15.2. The van der Waals surface area contributed by atoms with Gasteiger partial charge in [-0.15, -0.1) is 0 Å². The minimum absolute atomic E-state index is 0.766. The first-order valence-electron chi connectivity index (χ1n) is 7.42. The molecule has 0 saturated heterocycles. The van der Waals surface area contributed by atoms with Gasteiger partial charge in [-0.05, 0) is 42.3 Å². The molecule has 3 nitrogen and oxygen atoms in total. The van der Waals surface area contributed by atoms with Crippen molar-refractivity contribution in [1.82, 2.24) is 0 Å². The third kappa shape index (κ3) is 4.71. The number of ether oxygens (including phenoxy) is 1. The van der Waals surface area contributed by atoms with Gasteiger partial charge in [-0.2, -0.15) is 0 Å². The lowest BCUT2D eigenvalue weighted by Gasteiger charge is -2.14. The van der Waals surface area contributed by atoms with Crippen LogP contribution in [0.2, 0.25) is 0 Å². The van der Waals surface area contributed by atoms with E-state index in [1.54, 1.807) is 0 Å². The average molecular weight is 284 g/mol. The van der Waals surface area contributed by atoms with Gasteiger partial charge in [0.1, 0.15) is 5.75 Å².